The molecule has 3 aromatic rings. The van der Waals surface area contributed by atoms with Gasteiger partial charge in [0, 0.05) is 51.1 Å². The molecule has 2 N–H and O–H groups in total. The second kappa shape index (κ2) is 13.7. The molecule has 48 heavy (non-hydrogen) atoms. The summed E-state index contributed by atoms with van der Waals surface area (Å²) in [5, 5.41) is 15.6. The molecule has 0 saturated carbocycles. The minimum atomic E-state index is -1.74. The van der Waals surface area contributed by atoms with Crippen LogP contribution in [0.5, 0.6) is 5.75 Å². The van der Waals surface area contributed by atoms with Gasteiger partial charge in [0.1, 0.15) is 30.3 Å². The van der Waals surface area contributed by atoms with Crippen LogP contribution in [0.1, 0.15) is 18.4 Å². The van der Waals surface area contributed by atoms with E-state index in [1.807, 2.05) is 18.2 Å². The fourth-order valence-electron chi connectivity index (χ4n) is 6.49. The third-order valence-corrected chi connectivity index (χ3v) is 9.29. The number of ether oxygens (including phenoxy) is 2. The lowest BCUT2D eigenvalue weighted by atomic mass is 10.0. The molecule has 4 aliphatic rings. The molecule has 0 unspecified atom stereocenters. The van der Waals surface area contributed by atoms with Crippen LogP contribution >= 0.6 is 0 Å². The van der Waals surface area contributed by atoms with Gasteiger partial charge in [-0.3, -0.25) is 14.5 Å². The summed E-state index contributed by atoms with van der Waals surface area (Å²) in [5.74, 6) is -0.458. The molecule has 0 radical (unpaired) electrons. The van der Waals surface area contributed by atoms with E-state index in [-0.39, 0.29) is 37.2 Å². The van der Waals surface area contributed by atoms with Gasteiger partial charge in [0.25, 0.3) is 5.91 Å². The van der Waals surface area contributed by atoms with Gasteiger partial charge in [-0.1, -0.05) is 12.1 Å². The van der Waals surface area contributed by atoms with Crippen LogP contribution in [-0.2, 0) is 14.3 Å². The molecule has 15 heteroatoms. The Hall–Kier alpha value is -4.94. The number of aromatic nitrogens is 3. The number of anilines is 3. The number of piperazine rings is 1. The van der Waals surface area contributed by atoms with Crippen molar-refractivity contribution in [2.75, 3.05) is 62.7 Å². The van der Waals surface area contributed by atoms with E-state index >= 15 is 4.39 Å². The fourth-order valence-corrected chi connectivity index (χ4v) is 6.49. The molecule has 0 bridgehead atoms. The van der Waals surface area contributed by atoms with Crippen molar-refractivity contribution in [1.82, 2.24) is 30.1 Å². The highest BCUT2D eigenvalue weighted by Crippen LogP contribution is 2.31. The van der Waals surface area contributed by atoms with Crippen molar-refractivity contribution in [3.05, 3.63) is 54.4 Å². The Morgan fingerprint density at radius 1 is 1.08 bits per heavy atom. The van der Waals surface area contributed by atoms with Crippen LogP contribution in [0.25, 0.3) is 11.4 Å². The van der Waals surface area contributed by atoms with Crippen molar-refractivity contribution >= 4 is 29.1 Å². The molecule has 4 saturated heterocycles. The van der Waals surface area contributed by atoms with Gasteiger partial charge in [0.2, 0.25) is 11.9 Å². The number of halogens is 2. The number of nitriles is 1. The average Bonchev–Trinajstić information content (AvgIpc) is 3.42. The summed E-state index contributed by atoms with van der Waals surface area (Å²) in [4.78, 5) is 43.5. The summed E-state index contributed by atoms with van der Waals surface area (Å²) in [7, 11) is 0. The maximum Gasteiger partial charge on any atom is 0.255 e. The van der Waals surface area contributed by atoms with Gasteiger partial charge in [0.15, 0.2) is 18.2 Å². The van der Waals surface area contributed by atoms with Crippen molar-refractivity contribution in [2.24, 2.45) is 0 Å². The molecule has 7 rings (SSSR count). The quantitative estimate of drug-likeness (QED) is 0.367. The van der Waals surface area contributed by atoms with E-state index in [1.54, 1.807) is 18.2 Å². The topological polar surface area (TPSA) is 149 Å². The van der Waals surface area contributed by atoms with Gasteiger partial charge >= 0.3 is 0 Å². The highest BCUT2D eigenvalue weighted by Gasteiger charge is 2.41. The van der Waals surface area contributed by atoms with E-state index in [4.69, 9.17) is 9.47 Å². The Kier molecular flexibility index (Phi) is 9.00. The van der Waals surface area contributed by atoms with Crippen LogP contribution in [0, 0.1) is 11.3 Å². The number of nitrogens with one attached hydrogen (secondary N) is 2. The number of amides is 2. The Bertz CT molecular complexity index is 1710. The normalized spacial score (nSPS) is 24.8. The Morgan fingerprint density at radius 3 is 2.60 bits per heavy atom. The van der Waals surface area contributed by atoms with Crippen molar-refractivity contribution < 1.29 is 27.8 Å². The van der Waals surface area contributed by atoms with Crippen LogP contribution in [0.4, 0.5) is 26.1 Å². The van der Waals surface area contributed by atoms with E-state index in [9.17, 15) is 19.2 Å². The number of rotatable bonds is 8. The van der Waals surface area contributed by atoms with Gasteiger partial charge in [-0.15, -0.1) is 0 Å². The summed E-state index contributed by atoms with van der Waals surface area (Å²) >= 11 is 0. The second-order valence-electron chi connectivity index (χ2n) is 12.3. The SMILES string of the molecule is N#Cc1cc(-c2ncnc(Nc3ccccc3N3CCN(C4COC4)CC3)n2)ccc1O[C@H]1CCN(C(=O)[C@@H]2C[C@@H](F)C(=O)N2)C[C@H]1F. The largest absolute Gasteiger partial charge is 0.486 e. The van der Waals surface area contributed by atoms with Crippen LogP contribution in [0.2, 0.25) is 0 Å². The molecule has 250 valence electrons. The minimum absolute atomic E-state index is 0.161. The first-order chi connectivity index (χ1) is 23.4. The molecule has 4 atom stereocenters. The zero-order chi connectivity index (χ0) is 33.2. The average molecular weight is 660 g/mol. The number of nitrogens with zero attached hydrogens (tertiary/aromatic N) is 7. The standard InChI is InChI=1S/C33H35F2N9O4/c34-23-14-26(39-31(23)45)32(46)44-8-7-29(24(35)16-44)48-28-6-5-20(13-21(28)15-36)30-37-19-38-33(41-30)40-25-3-1-2-4-27(25)43-11-9-42(10-12-43)22-17-47-18-22/h1-6,13,19,22-24,26,29H,7-12,14,16-18H2,(H,39,45)(H,37,38,40,41)/t23-,24-,26+,29+/m1/s1. The number of likely N-dealkylation sites (tertiary alicyclic amines) is 1. The highest BCUT2D eigenvalue weighted by atomic mass is 19.1. The van der Waals surface area contributed by atoms with Crippen molar-refractivity contribution in [2.45, 2.75) is 43.4 Å². The first kappa shape index (κ1) is 31.6. The third-order valence-electron chi connectivity index (χ3n) is 9.29. The van der Waals surface area contributed by atoms with E-state index < -0.39 is 36.3 Å². The van der Waals surface area contributed by atoms with E-state index in [0.717, 1.165) is 50.8 Å². The predicted molar refractivity (Wildman–Crippen MR) is 170 cm³/mol. The van der Waals surface area contributed by atoms with Crippen molar-refractivity contribution in [1.29, 1.82) is 5.26 Å². The van der Waals surface area contributed by atoms with Crippen molar-refractivity contribution in [3.63, 3.8) is 0 Å². The number of alkyl halides is 2. The summed E-state index contributed by atoms with van der Waals surface area (Å²) in [6.07, 6.45) is -2.89. The zero-order valence-corrected chi connectivity index (χ0v) is 26.1. The number of para-hydroxylation sites is 2. The number of piperidine rings is 1. The first-order valence-electron chi connectivity index (χ1n) is 16.1. The summed E-state index contributed by atoms with van der Waals surface area (Å²) in [6, 6.07) is 14.5. The van der Waals surface area contributed by atoms with Crippen molar-refractivity contribution in [3.8, 4) is 23.2 Å². The van der Waals surface area contributed by atoms with Crippen LogP contribution in [0.3, 0.4) is 0 Å². The molecular formula is C33H35F2N9O4. The highest BCUT2D eigenvalue weighted by molar-refractivity contribution is 5.93. The molecule has 1 aromatic heterocycles. The third kappa shape index (κ3) is 6.58. The lowest BCUT2D eigenvalue weighted by Gasteiger charge is -2.43. The summed E-state index contributed by atoms with van der Waals surface area (Å²) < 4.78 is 40.1. The van der Waals surface area contributed by atoms with Crippen LogP contribution in [-0.4, -0.2) is 120 Å². The van der Waals surface area contributed by atoms with E-state index in [2.05, 4.69) is 47.5 Å². The maximum absolute atomic E-state index is 15.2. The zero-order valence-electron chi connectivity index (χ0n) is 26.1. The molecule has 0 aliphatic carbocycles. The molecule has 4 fully saturated rings. The number of carbonyl (C=O) groups is 2. The number of carbonyl (C=O) groups excluding carboxylic acids is 2. The van der Waals surface area contributed by atoms with Crippen LogP contribution in [0.15, 0.2) is 48.8 Å². The Labute approximate surface area is 275 Å². The molecule has 4 aliphatic heterocycles. The first-order valence-corrected chi connectivity index (χ1v) is 16.1. The van der Waals surface area contributed by atoms with Gasteiger partial charge in [-0.2, -0.15) is 10.2 Å². The van der Waals surface area contributed by atoms with E-state index in [1.165, 1.54) is 11.2 Å². The lowest BCUT2D eigenvalue weighted by molar-refractivity contribution is -0.138. The number of benzene rings is 2. The van der Waals surface area contributed by atoms with Gasteiger partial charge in [0.05, 0.1) is 42.7 Å². The predicted octanol–water partition coefficient (Wildman–Crippen LogP) is 2.22. The number of hydrogen-bond donors (Lipinski definition) is 2. The van der Waals surface area contributed by atoms with E-state index in [0.29, 0.717) is 23.4 Å². The van der Waals surface area contributed by atoms with Gasteiger partial charge < -0.3 is 29.9 Å². The Balaban J connectivity index is 0.996. The fraction of sp³-hybridized carbons (Fsp3) is 0.455. The van der Waals surface area contributed by atoms with Crippen LogP contribution < -0.4 is 20.3 Å². The minimum Gasteiger partial charge on any atom is -0.486 e. The lowest BCUT2D eigenvalue weighted by Crippen LogP contribution is -2.56. The molecule has 2 aromatic carbocycles. The maximum atomic E-state index is 15.2. The molecular weight excluding hydrogens is 624 g/mol. The number of hydrogen-bond acceptors (Lipinski definition) is 11. The Morgan fingerprint density at radius 2 is 1.90 bits per heavy atom. The molecule has 5 heterocycles. The molecule has 0 spiro atoms. The summed E-state index contributed by atoms with van der Waals surface area (Å²) in [5.41, 5.74) is 2.64. The molecule has 13 nitrogen and oxygen atoms in total. The smallest absolute Gasteiger partial charge is 0.255 e. The summed E-state index contributed by atoms with van der Waals surface area (Å²) in [6.45, 7) is 5.24. The van der Waals surface area contributed by atoms with Gasteiger partial charge in [-0.05, 0) is 30.3 Å². The molecule has 2 amide bonds. The monoisotopic (exact) mass is 659 g/mol. The van der Waals surface area contributed by atoms with Gasteiger partial charge in [-0.25, -0.2) is 18.7 Å². The second-order valence-corrected chi connectivity index (χ2v) is 12.3.